The lowest BCUT2D eigenvalue weighted by molar-refractivity contribution is 0.468. The molecule has 4 nitrogen and oxygen atoms in total. The molecule has 0 spiro atoms. The third-order valence-electron chi connectivity index (χ3n) is 2.46. The van der Waals surface area contributed by atoms with Gasteiger partial charge in [-0.25, -0.2) is 0 Å². The third-order valence-corrected chi connectivity index (χ3v) is 2.88. The molecule has 0 bridgehead atoms. The van der Waals surface area contributed by atoms with Crippen LogP contribution in [0, 0.1) is 18.3 Å². The molecule has 2 rings (SSSR count). The molecule has 0 saturated heterocycles. The zero-order valence-electron chi connectivity index (χ0n) is 9.11. The number of aryl methyl sites for hydroxylation is 1. The number of pyridine rings is 1. The van der Waals surface area contributed by atoms with Gasteiger partial charge in [-0.2, -0.15) is 5.26 Å². The second-order valence-corrected chi connectivity index (χ2v) is 4.38. The molecule has 0 atom stereocenters. The van der Waals surface area contributed by atoms with Crippen LogP contribution in [0.3, 0.4) is 0 Å². The first-order chi connectivity index (χ1) is 8.11. The summed E-state index contributed by atoms with van der Waals surface area (Å²) in [6, 6.07) is 8.72. The van der Waals surface area contributed by atoms with Crippen molar-refractivity contribution in [3.63, 3.8) is 0 Å². The van der Waals surface area contributed by atoms with Gasteiger partial charge in [0.25, 0.3) is 5.56 Å². The van der Waals surface area contributed by atoms with Crippen molar-refractivity contribution in [3.05, 3.63) is 56.3 Å². The van der Waals surface area contributed by atoms with Gasteiger partial charge in [0.2, 0.25) is 0 Å². The summed E-state index contributed by atoms with van der Waals surface area (Å²) in [6.07, 6.45) is 0. The smallest absolute Gasteiger partial charge is 0.269 e. The first-order valence-corrected chi connectivity index (χ1v) is 5.76. The number of nitriles is 1. The van der Waals surface area contributed by atoms with Crippen LogP contribution >= 0.6 is 15.9 Å². The SMILES string of the molecule is Cc1ccc(C#N)c(=O)n1Cc1ccc(Br)o1. The molecule has 2 aromatic rings. The Balaban J connectivity index is 2.46. The highest BCUT2D eigenvalue weighted by atomic mass is 79.9. The van der Waals surface area contributed by atoms with E-state index in [1.165, 1.54) is 10.6 Å². The van der Waals surface area contributed by atoms with Crippen LogP contribution < -0.4 is 5.56 Å². The highest BCUT2D eigenvalue weighted by Crippen LogP contribution is 2.15. The van der Waals surface area contributed by atoms with E-state index in [0.717, 1.165) is 5.69 Å². The quantitative estimate of drug-likeness (QED) is 0.854. The van der Waals surface area contributed by atoms with Gasteiger partial charge in [-0.3, -0.25) is 4.79 Å². The molecule has 0 radical (unpaired) electrons. The fourth-order valence-corrected chi connectivity index (χ4v) is 1.88. The molecule has 0 aliphatic heterocycles. The molecule has 0 unspecified atom stereocenters. The number of furan rings is 1. The molecule has 86 valence electrons. The van der Waals surface area contributed by atoms with Crippen molar-refractivity contribution in [1.29, 1.82) is 5.26 Å². The van der Waals surface area contributed by atoms with Crippen LogP contribution in [-0.2, 0) is 6.54 Å². The van der Waals surface area contributed by atoms with Crippen LogP contribution in [0.15, 0.2) is 38.1 Å². The third kappa shape index (κ3) is 2.32. The maximum Gasteiger partial charge on any atom is 0.269 e. The highest BCUT2D eigenvalue weighted by Gasteiger charge is 2.08. The molecular weight excluding hydrogens is 284 g/mol. The summed E-state index contributed by atoms with van der Waals surface area (Å²) in [4.78, 5) is 11.9. The second kappa shape index (κ2) is 4.60. The Morgan fingerprint density at radius 1 is 1.41 bits per heavy atom. The van der Waals surface area contributed by atoms with E-state index >= 15 is 0 Å². The summed E-state index contributed by atoms with van der Waals surface area (Å²) >= 11 is 3.20. The van der Waals surface area contributed by atoms with Crippen LogP contribution in [-0.4, -0.2) is 4.57 Å². The van der Waals surface area contributed by atoms with E-state index in [2.05, 4.69) is 15.9 Å². The van der Waals surface area contributed by atoms with Crippen molar-refractivity contribution < 1.29 is 4.42 Å². The van der Waals surface area contributed by atoms with E-state index in [1.54, 1.807) is 18.2 Å². The predicted octanol–water partition coefficient (Wildman–Crippen LogP) is 2.43. The lowest BCUT2D eigenvalue weighted by Gasteiger charge is -2.07. The van der Waals surface area contributed by atoms with Crippen molar-refractivity contribution >= 4 is 15.9 Å². The summed E-state index contributed by atoms with van der Waals surface area (Å²) in [5, 5.41) is 8.81. The number of hydrogen-bond acceptors (Lipinski definition) is 3. The molecule has 17 heavy (non-hydrogen) atoms. The molecule has 0 amide bonds. The molecular formula is C12H9BrN2O2. The minimum Gasteiger partial charge on any atom is -0.452 e. The largest absolute Gasteiger partial charge is 0.452 e. The zero-order chi connectivity index (χ0) is 12.4. The monoisotopic (exact) mass is 292 g/mol. The average molecular weight is 293 g/mol. The van der Waals surface area contributed by atoms with Gasteiger partial charge in [-0.15, -0.1) is 0 Å². The van der Waals surface area contributed by atoms with Crippen LogP contribution in [0.25, 0.3) is 0 Å². The number of nitrogens with zero attached hydrogens (tertiary/aromatic N) is 2. The van der Waals surface area contributed by atoms with Gasteiger partial charge < -0.3 is 8.98 Å². The van der Waals surface area contributed by atoms with Crippen molar-refractivity contribution in [2.45, 2.75) is 13.5 Å². The minimum atomic E-state index is -0.292. The Hall–Kier alpha value is -1.80. The summed E-state index contributed by atoms with van der Waals surface area (Å²) < 4.78 is 7.48. The summed E-state index contributed by atoms with van der Waals surface area (Å²) in [6.45, 7) is 2.15. The molecule has 5 heteroatoms. The Morgan fingerprint density at radius 3 is 2.76 bits per heavy atom. The normalized spacial score (nSPS) is 10.2. The molecule has 0 aliphatic carbocycles. The molecule has 2 aromatic heterocycles. The number of aromatic nitrogens is 1. The van der Waals surface area contributed by atoms with Crippen molar-refractivity contribution in [2.24, 2.45) is 0 Å². The predicted molar refractivity (Wildman–Crippen MR) is 65.7 cm³/mol. The Kier molecular flexibility index (Phi) is 3.16. The topological polar surface area (TPSA) is 58.9 Å². The van der Waals surface area contributed by atoms with Gasteiger partial charge >= 0.3 is 0 Å². The summed E-state index contributed by atoms with van der Waals surface area (Å²) in [5.74, 6) is 0.664. The van der Waals surface area contributed by atoms with Crippen LogP contribution in [0.4, 0.5) is 0 Å². The fourth-order valence-electron chi connectivity index (χ4n) is 1.54. The summed E-state index contributed by atoms with van der Waals surface area (Å²) in [7, 11) is 0. The molecule has 0 saturated carbocycles. The van der Waals surface area contributed by atoms with Crippen molar-refractivity contribution in [3.8, 4) is 6.07 Å². The second-order valence-electron chi connectivity index (χ2n) is 3.60. The number of halogens is 1. The zero-order valence-corrected chi connectivity index (χ0v) is 10.7. The maximum absolute atomic E-state index is 11.9. The molecule has 0 aromatic carbocycles. The molecule has 0 fully saturated rings. The number of rotatable bonds is 2. The molecule has 0 aliphatic rings. The van der Waals surface area contributed by atoms with E-state index in [0.29, 0.717) is 17.0 Å². The molecule has 0 N–H and O–H groups in total. The first-order valence-electron chi connectivity index (χ1n) is 4.96. The van der Waals surface area contributed by atoms with Gasteiger partial charge in [0.05, 0.1) is 6.54 Å². The minimum absolute atomic E-state index is 0.140. The first kappa shape index (κ1) is 11.7. The highest BCUT2D eigenvalue weighted by molar-refractivity contribution is 9.10. The Labute approximate surface area is 106 Å². The van der Waals surface area contributed by atoms with E-state index in [1.807, 2.05) is 13.0 Å². The van der Waals surface area contributed by atoms with Gasteiger partial charge in [-0.05, 0) is 47.1 Å². The van der Waals surface area contributed by atoms with Crippen molar-refractivity contribution in [1.82, 2.24) is 4.57 Å². The van der Waals surface area contributed by atoms with Crippen LogP contribution in [0.1, 0.15) is 17.0 Å². The summed E-state index contributed by atoms with van der Waals surface area (Å²) in [5.41, 5.74) is 0.641. The Morgan fingerprint density at radius 2 is 2.18 bits per heavy atom. The van der Waals surface area contributed by atoms with Gasteiger partial charge in [0.15, 0.2) is 4.67 Å². The van der Waals surface area contributed by atoms with Crippen molar-refractivity contribution in [2.75, 3.05) is 0 Å². The van der Waals surface area contributed by atoms with Gasteiger partial charge in [0.1, 0.15) is 17.4 Å². The van der Waals surface area contributed by atoms with E-state index in [-0.39, 0.29) is 11.1 Å². The lowest BCUT2D eigenvalue weighted by Crippen LogP contribution is -2.24. The maximum atomic E-state index is 11.9. The average Bonchev–Trinajstić information content (AvgIpc) is 2.70. The van der Waals surface area contributed by atoms with E-state index < -0.39 is 0 Å². The Bertz CT molecular complexity index is 649. The van der Waals surface area contributed by atoms with E-state index in [4.69, 9.17) is 9.68 Å². The van der Waals surface area contributed by atoms with Gasteiger partial charge in [0, 0.05) is 5.69 Å². The number of hydrogen-bond donors (Lipinski definition) is 0. The standard InChI is InChI=1S/C12H9BrN2O2/c1-8-2-3-9(6-14)12(16)15(8)7-10-4-5-11(13)17-10/h2-5H,7H2,1H3. The fraction of sp³-hybridized carbons (Fsp3) is 0.167. The van der Waals surface area contributed by atoms with Crippen LogP contribution in [0.2, 0.25) is 0 Å². The van der Waals surface area contributed by atoms with E-state index in [9.17, 15) is 4.79 Å². The van der Waals surface area contributed by atoms with Crippen LogP contribution in [0.5, 0.6) is 0 Å². The lowest BCUT2D eigenvalue weighted by atomic mass is 10.2. The van der Waals surface area contributed by atoms with Gasteiger partial charge in [-0.1, -0.05) is 0 Å². The molecule has 2 heterocycles.